The van der Waals surface area contributed by atoms with Crippen LogP contribution in [0.5, 0.6) is 5.75 Å². The van der Waals surface area contributed by atoms with Gasteiger partial charge in [0, 0.05) is 13.0 Å². The number of carbonyl (C=O) groups is 1. The zero-order chi connectivity index (χ0) is 19.5. The SMILES string of the molecule is C[C@H]1C(=O)N(CCc2ccccc2)Cc2nnc(CCc3ccc(O)cc3)n21. The maximum Gasteiger partial charge on any atom is 0.245 e. The number of phenols is 1. The number of hydrogen-bond donors (Lipinski definition) is 1. The molecule has 0 fully saturated rings. The van der Waals surface area contributed by atoms with Gasteiger partial charge in [-0.1, -0.05) is 42.5 Å². The number of amides is 1. The number of aryl methyl sites for hydroxylation is 2. The zero-order valence-electron chi connectivity index (χ0n) is 16.0. The molecule has 0 unspecified atom stereocenters. The average molecular weight is 376 g/mol. The van der Waals surface area contributed by atoms with E-state index in [2.05, 4.69) is 22.3 Å². The maximum absolute atomic E-state index is 12.9. The third-order valence-corrected chi connectivity index (χ3v) is 5.31. The number of nitrogens with zero attached hydrogens (tertiary/aromatic N) is 4. The second-order valence-electron chi connectivity index (χ2n) is 7.24. The van der Waals surface area contributed by atoms with Crippen LogP contribution in [-0.4, -0.2) is 37.2 Å². The Hall–Kier alpha value is -3.15. The molecular formula is C22H24N4O2. The van der Waals surface area contributed by atoms with Gasteiger partial charge in [0.05, 0.1) is 6.54 Å². The van der Waals surface area contributed by atoms with Crippen LogP contribution in [0, 0.1) is 0 Å². The molecule has 1 aromatic heterocycles. The topological polar surface area (TPSA) is 71.2 Å². The summed E-state index contributed by atoms with van der Waals surface area (Å²) in [5.74, 6) is 2.07. The van der Waals surface area contributed by atoms with Crippen molar-refractivity contribution in [3.05, 3.63) is 77.4 Å². The second kappa shape index (κ2) is 7.84. The minimum absolute atomic E-state index is 0.120. The molecule has 4 rings (SSSR count). The minimum Gasteiger partial charge on any atom is -0.508 e. The first-order valence-electron chi connectivity index (χ1n) is 9.65. The van der Waals surface area contributed by atoms with E-state index < -0.39 is 0 Å². The molecule has 0 saturated carbocycles. The highest BCUT2D eigenvalue weighted by Gasteiger charge is 2.32. The molecule has 2 aromatic carbocycles. The molecule has 0 aliphatic carbocycles. The fourth-order valence-electron chi connectivity index (χ4n) is 3.73. The van der Waals surface area contributed by atoms with E-state index in [1.54, 1.807) is 12.1 Å². The summed E-state index contributed by atoms with van der Waals surface area (Å²) in [6.45, 7) is 3.11. The quantitative estimate of drug-likeness (QED) is 0.718. The molecule has 1 aliphatic heterocycles. The van der Waals surface area contributed by atoms with Gasteiger partial charge in [0.25, 0.3) is 0 Å². The lowest BCUT2D eigenvalue weighted by atomic mass is 10.1. The molecule has 1 atom stereocenters. The molecule has 1 N–H and O–H groups in total. The van der Waals surface area contributed by atoms with E-state index in [0.717, 1.165) is 30.1 Å². The fourth-order valence-corrected chi connectivity index (χ4v) is 3.73. The molecule has 6 nitrogen and oxygen atoms in total. The molecular weight excluding hydrogens is 352 g/mol. The van der Waals surface area contributed by atoms with Crippen molar-refractivity contribution in [1.82, 2.24) is 19.7 Å². The zero-order valence-corrected chi connectivity index (χ0v) is 16.0. The van der Waals surface area contributed by atoms with Crippen LogP contribution in [0.2, 0.25) is 0 Å². The summed E-state index contributed by atoms with van der Waals surface area (Å²) in [4.78, 5) is 14.8. The van der Waals surface area contributed by atoms with Crippen molar-refractivity contribution in [2.75, 3.05) is 6.54 Å². The van der Waals surface area contributed by atoms with E-state index in [1.807, 2.05) is 46.7 Å². The van der Waals surface area contributed by atoms with Gasteiger partial charge in [-0.15, -0.1) is 10.2 Å². The van der Waals surface area contributed by atoms with Crippen molar-refractivity contribution in [3.8, 4) is 5.75 Å². The summed E-state index contributed by atoms with van der Waals surface area (Å²) in [5, 5.41) is 18.1. The molecule has 28 heavy (non-hydrogen) atoms. The Morgan fingerprint density at radius 1 is 0.964 bits per heavy atom. The largest absolute Gasteiger partial charge is 0.508 e. The smallest absolute Gasteiger partial charge is 0.245 e. The van der Waals surface area contributed by atoms with Crippen LogP contribution >= 0.6 is 0 Å². The van der Waals surface area contributed by atoms with Crippen LogP contribution in [0.25, 0.3) is 0 Å². The van der Waals surface area contributed by atoms with Gasteiger partial charge in [0.1, 0.15) is 17.6 Å². The van der Waals surface area contributed by atoms with Crippen LogP contribution in [0.1, 0.15) is 35.7 Å². The maximum atomic E-state index is 12.9. The molecule has 1 aliphatic rings. The number of phenolic OH excluding ortho intramolecular Hbond substituents is 1. The van der Waals surface area contributed by atoms with E-state index in [-0.39, 0.29) is 17.7 Å². The Kier molecular flexibility index (Phi) is 5.10. The monoisotopic (exact) mass is 376 g/mol. The number of fused-ring (bicyclic) bond motifs is 1. The predicted molar refractivity (Wildman–Crippen MR) is 106 cm³/mol. The third kappa shape index (κ3) is 3.76. The third-order valence-electron chi connectivity index (χ3n) is 5.31. The number of rotatable bonds is 6. The van der Waals surface area contributed by atoms with Crippen molar-refractivity contribution >= 4 is 5.91 Å². The Balaban J connectivity index is 1.44. The van der Waals surface area contributed by atoms with Gasteiger partial charge in [0.15, 0.2) is 5.82 Å². The number of carbonyl (C=O) groups excluding carboxylic acids is 1. The molecule has 0 saturated heterocycles. The van der Waals surface area contributed by atoms with E-state index >= 15 is 0 Å². The van der Waals surface area contributed by atoms with Crippen LogP contribution in [0.3, 0.4) is 0 Å². The first kappa shape index (κ1) is 18.2. The fraction of sp³-hybridized carbons (Fsp3) is 0.318. The molecule has 1 amide bonds. The Morgan fingerprint density at radius 2 is 1.68 bits per heavy atom. The highest BCUT2D eigenvalue weighted by Crippen LogP contribution is 2.24. The van der Waals surface area contributed by atoms with Crippen LogP contribution in [0.15, 0.2) is 54.6 Å². The minimum atomic E-state index is -0.288. The molecule has 2 heterocycles. The van der Waals surface area contributed by atoms with Crippen LogP contribution < -0.4 is 0 Å². The van der Waals surface area contributed by atoms with Crippen molar-refractivity contribution in [2.24, 2.45) is 0 Å². The van der Waals surface area contributed by atoms with Crippen molar-refractivity contribution < 1.29 is 9.90 Å². The lowest BCUT2D eigenvalue weighted by molar-refractivity contribution is -0.137. The summed E-state index contributed by atoms with van der Waals surface area (Å²) in [6, 6.07) is 17.1. The number of aromatic hydroxyl groups is 1. The predicted octanol–water partition coefficient (Wildman–Crippen LogP) is 2.91. The van der Waals surface area contributed by atoms with Gasteiger partial charge in [-0.3, -0.25) is 4.79 Å². The number of hydrogen-bond acceptors (Lipinski definition) is 4. The van der Waals surface area contributed by atoms with Gasteiger partial charge >= 0.3 is 0 Å². The Bertz CT molecular complexity index is 950. The van der Waals surface area contributed by atoms with Gasteiger partial charge in [-0.2, -0.15) is 0 Å². The van der Waals surface area contributed by atoms with Gasteiger partial charge in [0.2, 0.25) is 5.91 Å². The first-order chi connectivity index (χ1) is 13.6. The summed E-state index contributed by atoms with van der Waals surface area (Å²) in [5.41, 5.74) is 2.35. The van der Waals surface area contributed by atoms with Crippen molar-refractivity contribution in [3.63, 3.8) is 0 Å². The lowest BCUT2D eigenvalue weighted by Crippen LogP contribution is -2.43. The van der Waals surface area contributed by atoms with Gasteiger partial charge < -0.3 is 14.6 Å². The van der Waals surface area contributed by atoms with E-state index in [1.165, 1.54) is 5.56 Å². The second-order valence-corrected chi connectivity index (χ2v) is 7.24. The average Bonchev–Trinajstić information content (AvgIpc) is 3.13. The van der Waals surface area contributed by atoms with Gasteiger partial charge in [-0.05, 0) is 43.0 Å². The standard InChI is InChI=1S/C22H24N4O2/c1-16-22(28)25(14-13-17-5-3-2-4-6-17)15-21-24-23-20(26(16)21)12-9-18-7-10-19(27)11-8-18/h2-8,10-11,16,27H,9,12-15H2,1H3/t16-/m0/s1. The molecule has 0 spiro atoms. The molecule has 0 bridgehead atoms. The first-order valence-corrected chi connectivity index (χ1v) is 9.65. The van der Waals surface area contributed by atoms with Crippen LogP contribution in [0.4, 0.5) is 0 Å². The highest BCUT2D eigenvalue weighted by atomic mass is 16.3. The molecule has 144 valence electrons. The van der Waals surface area contributed by atoms with Crippen molar-refractivity contribution in [2.45, 2.75) is 38.8 Å². The number of benzene rings is 2. The summed E-state index contributed by atoms with van der Waals surface area (Å²) < 4.78 is 1.99. The van der Waals surface area contributed by atoms with E-state index in [0.29, 0.717) is 19.5 Å². The Labute approximate surface area is 164 Å². The van der Waals surface area contributed by atoms with E-state index in [9.17, 15) is 9.90 Å². The van der Waals surface area contributed by atoms with E-state index in [4.69, 9.17) is 0 Å². The molecule has 3 aromatic rings. The molecule has 0 radical (unpaired) electrons. The molecule has 6 heteroatoms. The summed E-state index contributed by atoms with van der Waals surface area (Å²) in [7, 11) is 0. The lowest BCUT2D eigenvalue weighted by Gasteiger charge is -2.32. The summed E-state index contributed by atoms with van der Waals surface area (Å²) in [6.07, 6.45) is 2.33. The van der Waals surface area contributed by atoms with Gasteiger partial charge in [-0.25, -0.2) is 0 Å². The summed E-state index contributed by atoms with van der Waals surface area (Å²) >= 11 is 0. The van der Waals surface area contributed by atoms with Crippen LogP contribution in [-0.2, 0) is 30.6 Å². The highest BCUT2D eigenvalue weighted by molar-refractivity contribution is 5.81. The Morgan fingerprint density at radius 3 is 2.43 bits per heavy atom. The number of aromatic nitrogens is 3. The van der Waals surface area contributed by atoms with Crippen molar-refractivity contribution in [1.29, 1.82) is 0 Å². The normalized spacial score (nSPS) is 16.2.